The van der Waals surface area contributed by atoms with Crippen LogP contribution in [0.5, 0.6) is 5.75 Å². The molecule has 2 aromatic rings. The summed E-state index contributed by atoms with van der Waals surface area (Å²) in [6.45, 7) is 0. The highest BCUT2D eigenvalue weighted by molar-refractivity contribution is 5.95. The van der Waals surface area contributed by atoms with Crippen LogP contribution in [0, 0.1) is 10.1 Å². The van der Waals surface area contributed by atoms with Gasteiger partial charge in [-0.15, -0.1) is 0 Å². The van der Waals surface area contributed by atoms with Gasteiger partial charge in [-0.2, -0.15) is 0 Å². The standard InChI is InChI=1S/C14H13N3O6/c18-10-3-1-8(2-4-10)5-12(14(20)21)16-13(19)11-6-9(7-15-11)17(22)23/h1-4,6-7,12,15,18H,5H2,(H,16,19)(H,20,21)/t12-/m1/s1. The molecule has 0 aliphatic carbocycles. The highest BCUT2D eigenvalue weighted by atomic mass is 16.6. The van der Waals surface area contributed by atoms with Crippen LogP contribution in [0.25, 0.3) is 0 Å². The van der Waals surface area contributed by atoms with E-state index >= 15 is 0 Å². The SMILES string of the molecule is O=C(N[C@H](Cc1ccc(O)cc1)C(=O)O)c1cc([N+](=O)[O-])c[nH]1. The molecule has 0 bridgehead atoms. The number of phenolic OH excluding ortho intramolecular Hbond substituents is 1. The molecule has 23 heavy (non-hydrogen) atoms. The van der Waals surface area contributed by atoms with Gasteiger partial charge < -0.3 is 20.5 Å². The Morgan fingerprint density at radius 3 is 2.48 bits per heavy atom. The number of amides is 1. The molecule has 1 aromatic heterocycles. The number of rotatable bonds is 6. The van der Waals surface area contributed by atoms with Crippen LogP contribution >= 0.6 is 0 Å². The minimum absolute atomic E-state index is 0.00412. The van der Waals surface area contributed by atoms with E-state index in [0.717, 1.165) is 12.3 Å². The third-order valence-corrected chi connectivity index (χ3v) is 3.10. The monoisotopic (exact) mass is 319 g/mol. The molecule has 9 nitrogen and oxygen atoms in total. The van der Waals surface area contributed by atoms with E-state index in [4.69, 9.17) is 0 Å². The number of phenols is 1. The number of aliphatic carboxylic acids is 1. The van der Waals surface area contributed by atoms with Gasteiger partial charge in [0.05, 0.1) is 11.1 Å². The molecule has 120 valence electrons. The Bertz CT molecular complexity index is 737. The Hall–Kier alpha value is -3.36. The van der Waals surface area contributed by atoms with Gasteiger partial charge in [-0.1, -0.05) is 12.1 Å². The number of carbonyl (C=O) groups excluding carboxylic acids is 1. The largest absolute Gasteiger partial charge is 0.508 e. The smallest absolute Gasteiger partial charge is 0.326 e. The second kappa shape index (κ2) is 6.60. The Balaban J connectivity index is 2.09. The fourth-order valence-electron chi connectivity index (χ4n) is 1.92. The summed E-state index contributed by atoms with van der Waals surface area (Å²) < 4.78 is 0. The van der Waals surface area contributed by atoms with Crippen molar-refractivity contribution < 1.29 is 24.7 Å². The fourth-order valence-corrected chi connectivity index (χ4v) is 1.92. The molecule has 0 saturated carbocycles. The van der Waals surface area contributed by atoms with Crippen LogP contribution in [-0.4, -0.2) is 38.0 Å². The number of nitro groups is 1. The summed E-state index contributed by atoms with van der Waals surface area (Å²) in [7, 11) is 0. The molecule has 1 amide bonds. The first-order valence-electron chi connectivity index (χ1n) is 6.51. The van der Waals surface area contributed by atoms with Crippen molar-refractivity contribution in [3.05, 3.63) is 57.9 Å². The van der Waals surface area contributed by atoms with Crippen molar-refractivity contribution in [1.82, 2.24) is 10.3 Å². The number of carboxylic acid groups (broad SMARTS) is 1. The molecule has 4 N–H and O–H groups in total. The highest BCUT2D eigenvalue weighted by Crippen LogP contribution is 2.14. The summed E-state index contributed by atoms with van der Waals surface area (Å²) in [5.74, 6) is -1.96. The van der Waals surface area contributed by atoms with Crippen LogP contribution in [0.4, 0.5) is 5.69 Å². The highest BCUT2D eigenvalue weighted by Gasteiger charge is 2.23. The number of aromatic hydroxyl groups is 1. The lowest BCUT2D eigenvalue weighted by atomic mass is 10.1. The van der Waals surface area contributed by atoms with Gasteiger partial charge in [0.15, 0.2) is 0 Å². The maximum absolute atomic E-state index is 12.0. The van der Waals surface area contributed by atoms with Gasteiger partial charge in [0, 0.05) is 12.5 Å². The number of carbonyl (C=O) groups is 2. The lowest BCUT2D eigenvalue weighted by molar-refractivity contribution is -0.384. The van der Waals surface area contributed by atoms with E-state index in [0.29, 0.717) is 5.56 Å². The first-order valence-corrected chi connectivity index (χ1v) is 6.51. The summed E-state index contributed by atoms with van der Waals surface area (Å²) in [6, 6.07) is 5.70. The van der Waals surface area contributed by atoms with Gasteiger partial charge in [-0.3, -0.25) is 14.9 Å². The number of aromatic amines is 1. The molecule has 2 rings (SSSR count). The number of benzene rings is 1. The quantitative estimate of drug-likeness (QED) is 0.462. The zero-order chi connectivity index (χ0) is 17.0. The molecule has 0 aliphatic rings. The van der Waals surface area contributed by atoms with Gasteiger partial charge in [0.25, 0.3) is 11.6 Å². The van der Waals surface area contributed by atoms with Crippen molar-refractivity contribution >= 4 is 17.6 Å². The van der Waals surface area contributed by atoms with Crippen molar-refractivity contribution in [1.29, 1.82) is 0 Å². The number of aromatic nitrogens is 1. The van der Waals surface area contributed by atoms with Crippen molar-refractivity contribution in [2.75, 3.05) is 0 Å². The zero-order valence-electron chi connectivity index (χ0n) is 11.7. The number of carboxylic acids is 1. The van der Waals surface area contributed by atoms with Crippen molar-refractivity contribution in [3.63, 3.8) is 0 Å². The maximum Gasteiger partial charge on any atom is 0.326 e. The normalized spacial score (nSPS) is 11.7. The average molecular weight is 319 g/mol. The molecule has 0 spiro atoms. The molecule has 0 aliphatic heterocycles. The van der Waals surface area contributed by atoms with Gasteiger partial charge in [0.1, 0.15) is 17.5 Å². The second-order valence-corrected chi connectivity index (χ2v) is 4.76. The Morgan fingerprint density at radius 2 is 1.96 bits per heavy atom. The average Bonchev–Trinajstić information content (AvgIpc) is 2.98. The molecule has 9 heteroatoms. The van der Waals surface area contributed by atoms with Crippen molar-refractivity contribution in [3.8, 4) is 5.75 Å². The minimum Gasteiger partial charge on any atom is -0.508 e. The van der Waals surface area contributed by atoms with E-state index in [9.17, 15) is 29.9 Å². The predicted octanol–water partition coefficient (Wildman–Crippen LogP) is 1.05. The van der Waals surface area contributed by atoms with Crippen molar-refractivity contribution in [2.24, 2.45) is 0 Å². The third-order valence-electron chi connectivity index (χ3n) is 3.10. The number of hydrogen-bond acceptors (Lipinski definition) is 5. The first-order chi connectivity index (χ1) is 10.9. The Labute approximate surface area is 129 Å². The van der Waals surface area contributed by atoms with E-state index in [1.807, 2.05) is 0 Å². The Morgan fingerprint density at radius 1 is 1.30 bits per heavy atom. The van der Waals surface area contributed by atoms with Crippen LogP contribution in [0.2, 0.25) is 0 Å². The molecule has 1 heterocycles. The molecular formula is C14H13N3O6. The summed E-state index contributed by atoms with van der Waals surface area (Å²) >= 11 is 0. The summed E-state index contributed by atoms with van der Waals surface area (Å²) in [5, 5.41) is 31.3. The number of hydrogen-bond donors (Lipinski definition) is 4. The summed E-state index contributed by atoms with van der Waals surface area (Å²) in [6.07, 6.45) is 1.05. The summed E-state index contributed by atoms with van der Waals surface area (Å²) in [4.78, 5) is 35.6. The van der Waals surface area contributed by atoms with Crippen LogP contribution in [0.3, 0.4) is 0 Å². The fraction of sp³-hybridized carbons (Fsp3) is 0.143. The minimum atomic E-state index is -1.24. The first kappa shape index (κ1) is 16.0. The molecule has 1 atom stereocenters. The Kier molecular flexibility index (Phi) is 4.60. The molecule has 0 saturated heterocycles. The van der Waals surface area contributed by atoms with Crippen LogP contribution < -0.4 is 5.32 Å². The molecule has 1 aromatic carbocycles. The van der Waals surface area contributed by atoms with Gasteiger partial charge in [-0.05, 0) is 17.7 Å². The van der Waals surface area contributed by atoms with Crippen molar-refractivity contribution in [2.45, 2.75) is 12.5 Å². The van der Waals surface area contributed by atoms with E-state index in [-0.39, 0.29) is 23.6 Å². The third kappa shape index (κ3) is 4.06. The second-order valence-electron chi connectivity index (χ2n) is 4.76. The van der Waals surface area contributed by atoms with E-state index in [1.165, 1.54) is 24.3 Å². The van der Waals surface area contributed by atoms with Crippen LogP contribution in [0.1, 0.15) is 16.1 Å². The lowest BCUT2D eigenvalue weighted by Crippen LogP contribution is -2.42. The zero-order valence-corrected chi connectivity index (χ0v) is 11.7. The van der Waals surface area contributed by atoms with E-state index in [1.54, 1.807) is 0 Å². The molecular weight excluding hydrogens is 306 g/mol. The van der Waals surface area contributed by atoms with Crippen LogP contribution in [0.15, 0.2) is 36.5 Å². The molecule has 0 radical (unpaired) electrons. The molecule has 0 unspecified atom stereocenters. The topological polar surface area (TPSA) is 146 Å². The van der Waals surface area contributed by atoms with Crippen LogP contribution in [-0.2, 0) is 11.2 Å². The molecule has 0 fully saturated rings. The van der Waals surface area contributed by atoms with Gasteiger partial charge in [-0.25, -0.2) is 4.79 Å². The number of nitrogens with one attached hydrogen (secondary N) is 2. The van der Waals surface area contributed by atoms with E-state index in [2.05, 4.69) is 10.3 Å². The number of nitrogens with zero attached hydrogens (tertiary/aromatic N) is 1. The number of H-pyrrole nitrogens is 1. The van der Waals surface area contributed by atoms with E-state index < -0.39 is 22.8 Å². The predicted molar refractivity (Wildman–Crippen MR) is 78.1 cm³/mol. The summed E-state index contributed by atoms with van der Waals surface area (Å²) in [5.41, 5.74) is 0.210. The lowest BCUT2D eigenvalue weighted by Gasteiger charge is -2.14. The van der Waals surface area contributed by atoms with Gasteiger partial charge in [0.2, 0.25) is 0 Å². The van der Waals surface area contributed by atoms with Gasteiger partial charge >= 0.3 is 5.97 Å². The maximum atomic E-state index is 12.0.